The number of ether oxygens (including phenoxy) is 1. The van der Waals surface area contributed by atoms with Crippen LogP contribution in [-0.2, 0) is 0 Å². The molecule has 1 aliphatic heterocycles. The molecule has 0 spiro atoms. The predicted molar refractivity (Wildman–Crippen MR) is 55.4 cm³/mol. The Labute approximate surface area is 87.8 Å². The quantitative estimate of drug-likeness (QED) is 0.705. The van der Waals surface area contributed by atoms with Crippen LogP contribution in [0, 0.1) is 0 Å². The molecule has 1 atom stereocenters. The van der Waals surface area contributed by atoms with Gasteiger partial charge in [-0.05, 0) is 11.6 Å². The zero-order chi connectivity index (χ0) is 10.7. The second-order valence-electron chi connectivity index (χ2n) is 3.33. The van der Waals surface area contributed by atoms with Crippen LogP contribution < -0.4 is 10.1 Å². The van der Waals surface area contributed by atoms with E-state index in [2.05, 4.69) is 15.3 Å². The smallest absolute Gasteiger partial charge is 0.232 e. The van der Waals surface area contributed by atoms with Crippen LogP contribution in [0.5, 0.6) is 5.88 Å². The predicted octanol–water partition coefficient (Wildman–Crippen LogP) is -0.167. The molecular weight excluding hydrogens is 194 g/mol. The van der Waals surface area contributed by atoms with Crippen molar-refractivity contribution in [2.45, 2.75) is 6.10 Å². The Morgan fingerprint density at radius 2 is 2.33 bits per heavy atom. The fourth-order valence-electron chi connectivity index (χ4n) is 1.47. The lowest BCUT2D eigenvalue weighted by Crippen LogP contribution is -2.31. The number of hydrogen-bond donors (Lipinski definition) is 2. The molecule has 2 N–H and O–H groups in total. The Morgan fingerprint density at radius 1 is 1.47 bits per heavy atom. The summed E-state index contributed by atoms with van der Waals surface area (Å²) in [6.45, 7) is 1.30. The standard InChI is InChI=1S/C10H13N3O2/c1-15-10-6-12-9(5-13-10)7-2-8(14)4-11-3-7/h2,5-6,8,11,14H,3-4H2,1H3. The van der Waals surface area contributed by atoms with Gasteiger partial charge in [-0.2, -0.15) is 0 Å². The van der Waals surface area contributed by atoms with Crippen LogP contribution in [0.15, 0.2) is 18.5 Å². The highest BCUT2D eigenvalue weighted by Gasteiger charge is 2.12. The topological polar surface area (TPSA) is 67.3 Å². The van der Waals surface area contributed by atoms with Gasteiger partial charge in [0.2, 0.25) is 5.88 Å². The molecule has 1 unspecified atom stereocenters. The number of β-amino-alcohol motifs (C(OH)–C–C–N with tert-alkyl or cyclic N) is 1. The van der Waals surface area contributed by atoms with Gasteiger partial charge in [0.1, 0.15) is 0 Å². The molecule has 0 aliphatic carbocycles. The molecule has 0 saturated carbocycles. The Morgan fingerprint density at radius 3 is 2.93 bits per heavy atom. The van der Waals surface area contributed by atoms with E-state index in [-0.39, 0.29) is 0 Å². The maximum atomic E-state index is 9.43. The number of nitrogens with zero attached hydrogens (tertiary/aromatic N) is 2. The number of rotatable bonds is 2. The molecular formula is C10H13N3O2. The zero-order valence-corrected chi connectivity index (χ0v) is 8.47. The molecule has 2 rings (SSSR count). The molecule has 0 aromatic carbocycles. The summed E-state index contributed by atoms with van der Waals surface area (Å²) in [6, 6.07) is 0. The van der Waals surface area contributed by atoms with Gasteiger partial charge in [0.25, 0.3) is 0 Å². The van der Waals surface area contributed by atoms with Crippen LogP contribution in [0.25, 0.3) is 5.57 Å². The second-order valence-corrected chi connectivity index (χ2v) is 3.33. The van der Waals surface area contributed by atoms with E-state index in [0.717, 1.165) is 11.3 Å². The lowest BCUT2D eigenvalue weighted by Gasteiger charge is -2.17. The molecule has 0 fully saturated rings. The van der Waals surface area contributed by atoms with Crippen molar-refractivity contribution in [3.63, 3.8) is 0 Å². The van der Waals surface area contributed by atoms with Crippen LogP contribution in [0.1, 0.15) is 5.69 Å². The van der Waals surface area contributed by atoms with Crippen molar-refractivity contribution in [1.82, 2.24) is 15.3 Å². The summed E-state index contributed by atoms with van der Waals surface area (Å²) in [5.74, 6) is 0.490. The molecule has 0 bridgehead atoms. The summed E-state index contributed by atoms with van der Waals surface area (Å²) in [4.78, 5) is 8.26. The molecule has 1 aromatic heterocycles. The van der Waals surface area contributed by atoms with Crippen molar-refractivity contribution in [2.75, 3.05) is 20.2 Å². The molecule has 0 radical (unpaired) electrons. The van der Waals surface area contributed by atoms with E-state index < -0.39 is 6.10 Å². The molecule has 1 aliphatic rings. The average molecular weight is 207 g/mol. The average Bonchev–Trinajstić information content (AvgIpc) is 2.29. The molecule has 5 heteroatoms. The zero-order valence-electron chi connectivity index (χ0n) is 8.47. The van der Waals surface area contributed by atoms with Gasteiger partial charge >= 0.3 is 0 Å². The molecule has 0 saturated heterocycles. The monoisotopic (exact) mass is 207 g/mol. The highest BCUT2D eigenvalue weighted by molar-refractivity contribution is 5.64. The minimum absolute atomic E-state index is 0.447. The van der Waals surface area contributed by atoms with Crippen molar-refractivity contribution < 1.29 is 9.84 Å². The summed E-state index contributed by atoms with van der Waals surface area (Å²) in [7, 11) is 1.55. The van der Waals surface area contributed by atoms with Gasteiger partial charge in [0.15, 0.2) is 0 Å². The van der Waals surface area contributed by atoms with Gasteiger partial charge in [-0.3, -0.25) is 0 Å². The molecule has 15 heavy (non-hydrogen) atoms. The summed E-state index contributed by atoms with van der Waals surface area (Å²) < 4.78 is 4.92. The first-order chi connectivity index (χ1) is 7.29. The highest BCUT2D eigenvalue weighted by atomic mass is 16.5. The molecule has 80 valence electrons. The number of hydrogen-bond acceptors (Lipinski definition) is 5. The fourth-order valence-corrected chi connectivity index (χ4v) is 1.47. The highest BCUT2D eigenvalue weighted by Crippen LogP contribution is 2.15. The lowest BCUT2D eigenvalue weighted by atomic mass is 10.1. The van der Waals surface area contributed by atoms with E-state index in [9.17, 15) is 5.11 Å². The summed E-state index contributed by atoms with van der Waals surface area (Å²) in [6.07, 6.45) is 4.56. The third kappa shape index (κ3) is 2.31. The first-order valence-corrected chi connectivity index (χ1v) is 4.75. The molecule has 0 amide bonds. The minimum Gasteiger partial charge on any atom is -0.480 e. The maximum absolute atomic E-state index is 9.43. The Bertz CT molecular complexity index is 361. The first-order valence-electron chi connectivity index (χ1n) is 4.75. The number of methoxy groups -OCH3 is 1. The van der Waals surface area contributed by atoms with Crippen molar-refractivity contribution in [3.05, 3.63) is 24.2 Å². The SMILES string of the molecule is COc1cnc(C2=CC(O)CNC2)cn1. The second kappa shape index (κ2) is 4.37. The van der Waals surface area contributed by atoms with E-state index in [1.165, 1.54) is 0 Å². The minimum atomic E-state index is -0.447. The fraction of sp³-hybridized carbons (Fsp3) is 0.400. The lowest BCUT2D eigenvalue weighted by molar-refractivity contribution is 0.217. The molecule has 1 aromatic rings. The normalized spacial score (nSPS) is 20.9. The third-order valence-corrected chi connectivity index (χ3v) is 2.23. The van der Waals surface area contributed by atoms with Crippen LogP contribution in [0.3, 0.4) is 0 Å². The van der Waals surface area contributed by atoms with Gasteiger partial charge in [0.05, 0.1) is 31.3 Å². The van der Waals surface area contributed by atoms with Crippen LogP contribution in [0.2, 0.25) is 0 Å². The van der Waals surface area contributed by atoms with Gasteiger partial charge in [-0.25, -0.2) is 9.97 Å². The van der Waals surface area contributed by atoms with Crippen LogP contribution >= 0.6 is 0 Å². The van der Waals surface area contributed by atoms with Crippen LogP contribution in [0.4, 0.5) is 0 Å². The number of aliphatic hydroxyl groups is 1. The summed E-state index contributed by atoms with van der Waals surface area (Å²) >= 11 is 0. The third-order valence-electron chi connectivity index (χ3n) is 2.23. The molecule has 5 nitrogen and oxygen atoms in total. The number of aromatic nitrogens is 2. The van der Waals surface area contributed by atoms with E-state index in [1.807, 2.05) is 0 Å². The summed E-state index contributed by atoms with van der Waals surface area (Å²) in [5.41, 5.74) is 1.73. The van der Waals surface area contributed by atoms with Crippen molar-refractivity contribution in [3.8, 4) is 5.88 Å². The van der Waals surface area contributed by atoms with Gasteiger partial charge < -0.3 is 15.2 Å². The first kappa shape index (κ1) is 10.1. The number of aliphatic hydroxyl groups excluding tert-OH is 1. The van der Waals surface area contributed by atoms with Gasteiger partial charge in [-0.1, -0.05) is 0 Å². The maximum Gasteiger partial charge on any atom is 0.232 e. The van der Waals surface area contributed by atoms with E-state index in [1.54, 1.807) is 25.6 Å². The van der Waals surface area contributed by atoms with Crippen molar-refractivity contribution >= 4 is 5.57 Å². The Kier molecular flexibility index (Phi) is 2.94. The molecule has 2 heterocycles. The largest absolute Gasteiger partial charge is 0.480 e. The van der Waals surface area contributed by atoms with Gasteiger partial charge in [0, 0.05) is 13.1 Å². The van der Waals surface area contributed by atoms with Crippen LogP contribution in [-0.4, -0.2) is 41.4 Å². The van der Waals surface area contributed by atoms with E-state index in [0.29, 0.717) is 19.0 Å². The Hall–Kier alpha value is -1.46. The summed E-state index contributed by atoms with van der Waals surface area (Å²) in [5, 5.41) is 12.5. The Balaban J connectivity index is 2.21. The van der Waals surface area contributed by atoms with E-state index >= 15 is 0 Å². The van der Waals surface area contributed by atoms with Gasteiger partial charge in [-0.15, -0.1) is 0 Å². The van der Waals surface area contributed by atoms with Crippen molar-refractivity contribution in [2.24, 2.45) is 0 Å². The number of nitrogens with one attached hydrogen (secondary N) is 1. The van der Waals surface area contributed by atoms with E-state index in [4.69, 9.17) is 4.74 Å². The van der Waals surface area contributed by atoms with Crippen molar-refractivity contribution in [1.29, 1.82) is 0 Å².